The topological polar surface area (TPSA) is 80.5 Å². The second-order valence-electron chi connectivity index (χ2n) is 3.57. The number of rotatable bonds is 3. The third-order valence-electron chi connectivity index (χ3n) is 2.75. The summed E-state index contributed by atoms with van der Waals surface area (Å²) in [6.07, 6.45) is 3.60. The molecule has 0 saturated heterocycles. The van der Waals surface area contributed by atoms with Gasteiger partial charge in [0.25, 0.3) is 0 Å². The molecular formula is C9H13N5. The lowest BCUT2D eigenvalue weighted by Gasteiger charge is -2.26. The molecule has 0 aliphatic heterocycles. The lowest BCUT2D eigenvalue weighted by atomic mass is 9.82. The quantitative estimate of drug-likeness (QED) is 0.755. The summed E-state index contributed by atoms with van der Waals surface area (Å²) in [6.45, 7) is 0.691. The summed E-state index contributed by atoms with van der Waals surface area (Å²) in [4.78, 5) is 0. The summed E-state index contributed by atoms with van der Waals surface area (Å²) in [5.41, 5.74) is 7.51. The van der Waals surface area contributed by atoms with Crippen LogP contribution in [0.3, 0.4) is 0 Å². The Balaban J connectivity index is 2.31. The van der Waals surface area contributed by atoms with E-state index in [0.29, 0.717) is 12.5 Å². The van der Waals surface area contributed by atoms with Gasteiger partial charge >= 0.3 is 0 Å². The lowest BCUT2D eigenvalue weighted by Crippen LogP contribution is -2.17. The molecule has 0 unspecified atom stereocenters. The highest BCUT2D eigenvalue weighted by molar-refractivity contribution is 5.18. The fourth-order valence-electron chi connectivity index (χ4n) is 1.81. The summed E-state index contributed by atoms with van der Waals surface area (Å²) >= 11 is 0. The maximum absolute atomic E-state index is 8.63. The molecule has 14 heavy (non-hydrogen) atoms. The first kappa shape index (κ1) is 9.16. The second kappa shape index (κ2) is 3.76. The molecule has 1 aliphatic carbocycles. The number of nitrogens with zero attached hydrogens (tertiary/aromatic N) is 4. The minimum atomic E-state index is 0.277. The molecule has 1 aliphatic rings. The van der Waals surface area contributed by atoms with Crippen LogP contribution >= 0.6 is 0 Å². The van der Waals surface area contributed by atoms with Crippen molar-refractivity contribution in [3.8, 4) is 6.07 Å². The Kier molecular flexibility index (Phi) is 2.46. The average Bonchev–Trinajstić information content (AvgIpc) is 2.47. The first-order valence-electron chi connectivity index (χ1n) is 4.86. The fraction of sp³-hybridized carbons (Fsp3) is 0.667. The van der Waals surface area contributed by atoms with Crippen molar-refractivity contribution in [2.24, 2.45) is 5.73 Å². The Hall–Kier alpha value is -1.41. The van der Waals surface area contributed by atoms with Crippen LogP contribution in [0.15, 0.2) is 0 Å². The van der Waals surface area contributed by atoms with Crippen LogP contribution in [0.1, 0.15) is 36.6 Å². The van der Waals surface area contributed by atoms with E-state index in [1.54, 1.807) is 4.68 Å². The van der Waals surface area contributed by atoms with E-state index in [2.05, 4.69) is 16.4 Å². The van der Waals surface area contributed by atoms with Crippen LogP contribution in [-0.2, 0) is 13.1 Å². The minimum Gasteiger partial charge on any atom is -0.325 e. The molecule has 2 rings (SSSR count). The Morgan fingerprint density at radius 3 is 2.86 bits per heavy atom. The van der Waals surface area contributed by atoms with Crippen molar-refractivity contribution < 1.29 is 0 Å². The monoisotopic (exact) mass is 191 g/mol. The van der Waals surface area contributed by atoms with Crippen molar-refractivity contribution in [1.82, 2.24) is 15.0 Å². The van der Waals surface area contributed by atoms with Crippen LogP contribution in [0, 0.1) is 11.3 Å². The van der Waals surface area contributed by atoms with Crippen molar-refractivity contribution >= 4 is 0 Å². The highest BCUT2D eigenvalue weighted by Gasteiger charge is 2.26. The van der Waals surface area contributed by atoms with Crippen molar-refractivity contribution in [2.75, 3.05) is 0 Å². The first-order valence-corrected chi connectivity index (χ1v) is 4.86. The zero-order valence-electron chi connectivity index (χ0n) is 7.98. The van der Waals surface area contributed by atoms with Gasteiger partial charge in [0.1, 0.15) is 6.54 Å². The van der Waals surface area contributed by atoms with Gasteiger partial charge in [-0.2, -0.15) is 5.26 Å². The van der Waals surface area contributed by atoms with Gasteiger partial charge in [-0.1, -0.05) is 11.6 Å². The van der Waals surface area contributed by atoms with Crippen LogP contribution in [0.25, 0.3) is 0 Å². The summed E-state index contributed by atoms with van der Waals surface area (Å²) < 4.78 is 1.69. The summed E-state index contributed by atoms with van der Waals surface area (Å²) in [5, 5.41) is 16.6. The van der Waals surface area contributed by atoms with Crippen LogP contribution in [-0.4, -0.2) is 15.0 Å². The highest BCUT2D eigenvalue weighted by Crippen LogP contribution is 2.37. The van der Waals surface area contributed by atoms with E-state index in [4.69, 9.17) is 11.0 Å². The Bertz CT molecular complexity index is 358. The lowest BCUT2D eigenvalue weighted by molar-refractivity contribution is 0.391. The summed E-state index contributed by atoms with van der Waals surface area (Å²) in [5.74, 6) is 0.525. The largest absolute Gasteiger partial charge is 0.325 e. The number of nitrogens with two attached hydrogens (primary N) is 1. The maximum Gasteiger partial charge on any atom is 0.130 e. The Labute approximate surface area is 82.5 Å². The number of hydrogen-bond donors (Lipinski definition) is 1. The molecular weight excluding hydrogens is 178 g/mol. The molecule has 1 fully saturated rings. The Morgan fingerprint density at radius 2 is 2.36 bits per heavy atom. The van der Waals surface area contributed by atoms with E-state index in [-0.39, 0.29) is 6.54 Å². The van der Waals surface area contributed by atoms with Gasteiger partial charge in [-0.3, -0.25) is 0 Å². The van der Waals surface area contributed by atoms with Gasteiger partial charge in [0.2, 0.25) is 0 Å². The van der Waals surface area contributed by atoms with E-state index in [1.807, 2.05) is 0 Å². The van der Waals surface area contributed by atoms with Gasteiger partial charge in [-0.25, -0.2) is 4.68 Å². The molecule has 0 bridgehead atoms. The SMILES string of the molecule is N#CCn1nnc(CN)c1C1CCC1. The van der Waals surface area contributed by atoms with Crippen molar-refractivity contribution in [2.45, 2.75) is 38.3 Å². The molecule has 2 N–H and O–H groups in total. The normalized spacial score (nSPS) is 16.3. The second-order valence-corrected chi connectivity index (χ2v) is 3.57. The highest BCUT2D eigenvalue weighted by atomic mass is 15.4. The van der Waals surface area contributed by atoms with Gasteiger partial charge in [0.05, 0.1) is 17.5 Å². The molecule has 0 radical (unpaired) electrons. The van der Waals surface area contributed by atoms with Crippen molar-refractivity contribution in [3.05, 3.63) is 11.4 Å². The number of aromatic nitrogens is 3. The van der Waals surface area contributed by atoms with Crippen LogP contribution in [0.2, 0.25) is 0 Å². The molecule has 1 aromatic rings. The molecule has 0 spiro atoms. The van der Waals surface area contributed by atoms with E-state index in [9.17, 15) is 0 Å². The van der Waals surface area contributed by atoms with E-state index < -0.39 is 0 Å². The summed E-state index contributed by atoms with van der Waals surface area (Å²) in [7, 11) is 0. The van der Waals surface area contributed by atoms with E-state index in [0.717, 1.165) is 11.4 Å². The third kappa shape index (κ3) is 1.38. The van der Waals surface area contributed by atoms with E-state index >= 15 is 0 Å². The summed E-state index contributed by atoms with van der Waals surface area (Å²) in [6, 6.07) is 2.08. The molecule has 1 saturated carbocycles. The van der Waals surface area contributed by atoms with Crippen molar-refractivity contribution in [1.29, 1.82) is 5.26 Å². The molecule has 74 valence electrons. The molecule has 0 atom stereocenters. The predicted molar refractivity (Wildman–Crippen MR) is 50.1 cm³/mol. The number of nitriles is 1. The molecule has 5 heteroatoms. The molecule has 1 aromatic heterocycles. The third-order valence-corrected chi connectivity index (χ3v) is 2.75. The zero-order valence-corrected chi connectivity index (χ0v) is 7.98. The van der Waals surface area contributed by atoms with Gasteiger partial charge < -0.3 is 5.73 Å². The first-order chi connectivity index (χ1) is 6.86. The molecule has 0 amide bonds. The average molecular weight is 191 g/mol. The predicted octanol–water partition coefficient (Wildman–Crippen LogP) is 0.528. The Morgan fingerprint density at radius 1 is 1.57 bits per heavy atom. The maximum atomic E-state index is 8.63. The minimum absolute atomic E-state index is 0.277. The van der Waals surface area contributed by atoms with Gasteiger partial charge in [-0.05, 0) is 12.8 Å². The van der Waals surface area contributed by atoms with Crippen LogP contribution < -0.4 is 5.73 Å². The van der Waals surface area contributed by atoms with Gasteiger partial charge in [0.15, 0.2) is 0 Å². The zero-order chi connectivity index (χ0) is 9.97. The molecule has 0 aromatic carbocycles. The van der Waals surface area contributed by atoms with E-state index in [1.165, 1.54) is 19.3 Å². The molecule has 5 nitrogen and oxygen atoms in total. The standard InChI is InChI=1S/C9H13N5/c10-4-5-14-9(7-2-1-3-7)8(6-11)12-13-14/h7H,1-3,5-6,11H2. The number of hydrogen-bond acceptors (Lipinski definition) is 4. The van der Waals surface area contributed by atoms with Crippen LogP contribution in [0.4, 0.5) is 0 Å². The van der Waals surface area contributed by atoms with Crippen molar-refractivity contribution in [3.63, 3.8) is 0 Å². The fourth-order valence-corrected chi connectivity index (χ4v) is 1.81. The van der Waals surface area contributed by atoms with Gasteiger partial charge in [0, 0.05) is 12.5 Å². The van der Waals surface area contributed by atoms with Gasteiger partial charge in [-0.15, -0.1) is 5.10 Å². The van der Waals surface area contributed by atoms with Crippen LogP contribution in [0.5, 0.6) is 0 Å². The molecule has 1 heterocycles. The smallest absolute Gasteiger partial charge is 0.130 e.